The lowest BCUT2D eigenvalue weighted by molar-refractivity contribution is 0.207. The fourth-order valence-corrected chi connectivity index (χ4v) is 3.81. The van der Waals surface area contributed by atoms with Crippen molar-refractivity contribution >= 4 is 5.84 Å². The molecule has 78 valence electrons. The second-order valence-electron chi connectivity index (χ2n) is 5.34. The second-order valence-corrected chi connectivity index (χ2v) is 5.34. The van der Waals surface area contributed by atoms with Crippen molar-refractivity contribution in [3.05, 3.63) is 0 Å². The van der Waals surface area contributed by atoms with Gasteiger partial charge in [-0.3, -0.25) is 5.41 Å². The van der Waals surface area contributed by atoms with Crippen LogP contribution in [0.5, 0.6) is 0 Å². The van der Waals surface area contributed by atoms with Gasteiger partial charge in [-0.05, 0) is 43.9 Å². The Labute approximate surface area is 86.2 Å². The van der Waals surface area contributed by atoms with E-state index in [0.717, 1.165) is 30.1 Å². The van der Waals surface area contributed by atoms with Crippen molar-refractivity contribution in [1.82, 2.24) is 4.90 Å². The Morgan fingerprint density at radius 1 is 1.14 bits per heavy atom. The molecule has 2 heteroatoms. The minimum atomic E-state index is 0.765. The number of fused-ring (bicyclic) bond motifs is 2. The molecule has 0 aromatic carbocycles. The van der Waals surface area contributed by atoms with E-state index in [-0.39, 0.29) is 0 Å². The molecule has 3 aliphatic rings. The van der Waals surface area contributed by atoms with Crippen LogP contribution >= 0.6 is 0 Å². The van der Waals surface area contributed by atoms with Gasteiger partial charge in [-0.1, -0.05) is 6.42 Å². The van der Waals surface area contributed by atoms with Crippen LogP contribution < -0.4 is 0 Å². The van der Waals surface area contributed by atoms with Crippen molar-refractivity contribution < 1.29 is 0 Å². The zero-order chi connectivity index (χ0) is 9.54. The fraction of sp³-hybridized carbons (Fsp3) is 0.917. The number of amidine groups is 1. The quantitative estimate of drug-likeness (QED) is 0.679. The molecule has 1 aliphatic heterocycles. The predicted molar refractivity (Wildman–Crippen MR) is 57.5 cm³/mol. The number of nitrogens with zero attached hydrogens (tertiary/aromatic N) is 1. The first-order valence-corrected chi connectivity index (χ1v) is 6.18. The first-order chi connectivity index (χ1) is 6.84. The van der Waals surface area contributed by atoms with E-state index in [1.165, 1.54) is 45.1 Å². The Morgan fingerprint density at radius 3 is 2.71 bits per heavy atom. The number of hydrogen-bond acceptors (Lipinski definition) is 1. The lowest BCUT2D eigenvalue weighted by Crippen LogP contribution is -2.45. The number of rotatable bonds is 1. The summed E-state index contributed by atoms with van der Waals surface area (Å²) in [6.07, 6.45) is 9.38. The maximum absolute atomic E-state index is 8.02. The van der Waals surface area contributed by atoms with Crippen molar-refractivity contribution in [2.45, 2.75) is 51.0 Å². The summed E-state index contributed by atoms with van der Waals surface area (Å²) in [6, 6.07) is 0.765. The van der Waals surface area contributed by atoms with E-state index in [9.17, 15) is 0 Å². The monoisotopic (exact) mass is 192 g/mol. The van der Waals surface area contributed by atoms with E-state index in [1.54, 1.807) is 0 Å². The molecule has 3 unspecified atom stereocenters. The highest BCUT2D eigenvalue weighted by Gasteiger charge is 2.43. The van der Waals surface area contributed by atoms with Crippen molar-refractivity contribution in [3.8, 4) is 0 Å². The predicted octanol–water partition coefficient (Wildman–Crippen LogP) is 2.64. The molecule has 3 fully saturated rings. The summed E-state index contributed by atoms with van der Waals surface area (Å²) in [4.78, 5) is 2.44. The van der Waals surface area contributed by atoms with Crippen molar-refractivity contribution in [2.24, 2.45) is 11.8 Å². The highest BCUT2D eigenvalue weighted by Crippen LogP contribution is 2.47. The average Bonchev–Trinajstić information content (AvgIpc) is 2.79. The minimum absolute atomic E-state index is 0.765. The molecule has 0 aromatic rings. The molecular weight excluding hydrogens is 172 g/mol. The lowest BCUT2D eigenvalue weighted by atomic mass is 9.92. The van der Waals surface area contributed by atoms with Gasteiger partial charge in [0.1, 0.15) is 0 Å². The van der Waals surface area contributed by atoms with Gasteiger partial charge in [0.2, 0.25) is 0 Å². The second kappa shape index (κ2) is 3.25. The maximum Gasteiger partial charge on any atom is 0.0960 e. The molecule has 0 aromatic heterocycles. The molecule has 2 nitrogen and oxygen atoms in total. The summed E-state index contributed by atoms with van der Waals surface area (Å²) in [5.41, 5.74) is 0. The van der Waals surface area contributed by atoms with E-state index in [1.807, 2.05) is 0 Å². The van der Waals surface area contributed by atoms with Crippen LogP contribution in [0.3, 0.4) is 0 Å². The summed E-state index contributed by atoms with van der Waals surface area (Å²) >= 11 is 0. The molecule has 1 N–H and O–H groups in total. The van der Waals surface area contributed by atoms with E-state index >= 15 is 0 Å². The third-order valence-corrected chi connectivity index (χ3v) is 4.51. The molecule has 1 heterocycles. The number of piperidine rings is 1. The van der Waals surface area contributed by atoms with Gasteiger partial charge in [-0.2, -0.15) is 0 Å². The van der Waals surface area contributed by atoms with Crippen LogP contribution in [0.1, 0.15) is 44.9 Å². The van der Waals surface area contributed by atoms with Gasteiger partial charge in [0, 0.05) is 19.0 Å². The van der Waals surface area contributed by atoms with Gasteiger partial charge in [-0.25, -0.2) is 0 Å². The van der Waals surface area contributed by atoms with Crippen molar-refractivity contribution in [3.63, 3.8) is 0 Å². The van der Waals surface area contributed by atoms with Crippen LogP contribution in [0.2, 0.25) is 0 Å². The number of hydrogen-bond donors (Lipinski definition) is 1. The summed E-state index contributed by atoms with van der Waals surface area (Å²) in [7, 11) is 0. The van der Waals surface area contributed by atoms with E-state index < -0.39 is 0 Å². The molecule has 2 bridgehead atoms. The van der Waals surface area contributed by atoms with Gasteiger partial charge in [-0.15, -0.1) is 0 Å². The SMILES string of the molecule is N=C1CCCCN1C1CC2CCC1C2. The molecule has 14 heavy (non-hydrogen) atoms. The Kier molecular flexibility index (Phi) is 2.03. The Morgan fingerprint density at radius 2 is 2.07 bits per heavy atom. The third-order valence-electron chi connectivity index (χ3n) is 4.51. The smallest absolute Gasteiger partial charge is 0.0960 e. The molecule has 0 radical (unpaired) electrons. The van der Waals surface area contributed by atoms with Gasteiger partial charge < -0.3 is 4.90 Å². The number of likely N-dealkylation sites (tertiary alicyclic amines) is 1. The van der Waals surface area contributed by atoms with Crippen LogP contribution in [0.4, 0.5) is 0 Å². The molecule has 3 atom stereocenters. The standard InChI is InChI=1S/C12H20N2/c13-12-3-1-2-6-14(12)11-8-9-4-5-10(11)7-9/h9-11,13H,1-8H2. The van der Waals surface area contributed by atoms with Crippen molar-refractivity contribution in [2.75, 3.05) is 6.54 Å². The number of nitrogens with one attached hydrogen (secondary N) is 1. The molecule has 0 spiro atoms. The largest absolute Gasteiger partial charge is 0.357 e. The normalized spacial score (nSPS) is 42.1. The fourth-order valence-electron chi connectivity index (χ4n) is 3.81. The molecule has 2 aliphatic carbocycles. The van der Waals surface area contributed by atoms with Gasteiger partial charge in [0.05, 0.1) is 5.84 Å². The van der Waals surface area contributed by atoms with Gasteiger partial charge in [0.25, 0.3) is 0 Å². The minimum Gasteiger partial charge on any atom is -0.357 e. The van der Waals surface area contributed by atoms with Crippen LogP contribution in [0.25, 0.3) is 0 Å². The molecule has 3 rings (SSSR count). The first kappa shape index (κ1) is 8.75. The van der Waals surface area contributed by atoms with Crippen LogP contribution in [0, 0.1) is 17.2 Å². The van der Waals surface area contributed by atoms with Crippen LogP contribution in [-0.4, -0.2) is 23.3 Å². The molecule has 2 saturated carbocycles. The Bertz CT molecular complexity index is 249. The molecule has 0 amide bonds. The van der Waals surface area contributed by atoms with E-state index in [4.69, 9.17) is 5.41 Å². The Balaban J connectivity index is 1.72. The zero-order valence-corrected chi connectivity index (χ0v) is 8.84. The first-order valence-electron chi connectivity index (χ1n) is 6.18. The summed E-state index contributed by atoms with van der Waals surface area (Å²) in [5, 5.41) is 8.02. The molecule has 1 saturated heterocycles. The topological polar surface area (TPSA) is 27.1 Å². The van der Waals surface area contributed by atoms with Crippen molar-refractivity contribution in [1.29, 1.82) is 5.41 Å². The summed E-state index contributed by atoms with van der Waals surface area (Å²) in [6.45, 7) is 1.17. The molecular formula is C12H20N2. The Hall–Kier alpha value is -0.530. The lowest BCUT2D eigenvalue weighted by Gasteiger charge is -2.39. The third kappa shape index (κ3) is 1.27. The highest BCUT2D eigenvalue weighted by molar-refractivity contribution is 5.80. The van der Waals surface area contributed by atoms with Gasteiger partial charge >= 0.3 is 0 Å². The van der Waals surface area contributed by atoms with E-state index in [2.05, 4.69) is 4.90 Å². The average molecular weight is 192 g/mol. The van der Waals surface area contributed by atoms with Crippen LogP contribution in [-0.2, 0) is 0 Å². The van der Waals surface area contributed by atoms with E-state index in [0.29, 0.717) is 0 Å². The van der Waals surface area contributed by atoms with Crippen LogP contribution in [0.15, 0.2) is 0 Å². The zero-order valence-electron chi connectivity index (χ0n) is 8.84. The maximum atomic E-state index is 8.02. The highest BCUT2D eigenvalue weighted by atomic mass is 15.2. The van der Waals surface area contributed by atoms with Gasteiger partial charge in [0.15, 0.2) is 0 Å². The summed E-state index contributed by atoms with van der Waals surface area (Å²) < 4.78 is 0. The summed E-state index contributed by atoms with van der Waals surface area (Å²) in [5.74, 6) is 2.90.